The van der Waals surface area contributed by atoms with Crippen LogP contribution in [0, 0.1) is 18.6 Å². The van der Waals surface area contributed by atoms with Gasteiger partial charge in [0.25, 0.3) is 10.0 Å². The minimum atomic E-state index is -4.39. The predicted octanol–water partition coefficient (Wildman–Crippen LogP) is 5.57. The lowest BCUT2D eigenvalue weighted by molar-refractivity contribution is 0.455. The van der Waals surface area contributed by atoms with Gasteiger partial charge in [-0.25, -0.2) is 17.2 Å². The van der Waals surface area contributed by atoms with Crippen LogP contribution in [0.1, 0.15) is 5.56 Å². The van der Waals surface area contributed by atoms with E-state index in [1.54, 1.807) is 55.0 Å². The van der Waals surface area contributed by atoms with E-state index >= 15 is 0 Å². The highest BCUT2D eigenvalue weighted by atomic mass is 32.2. The van der Waals surface area contributed by atoms with Crippen LogP contribution >= 0.6 is 11.3 Å². The van der Waals surface area contributed by atoms with Gasteiger partial charge in [-0.1, -0.05) is 30.3 Å². The van der Waals surface area contributed by atoms with Gasteiger partial charge in [-0.05, 0) is 41.8 Å². The molecule has 3 aromatic carbocycles. The maximum absolute atomic E-state index is 14.4. The van der Waals surface area contributed by atoms with Gasteiger partial charge in [-0.3, -0.25) is 9.71 Å². The van der Waals surface area contributed by atoms with Crippen LogP contribution in [-0.2, 0) is 10.0 Å². The second-order valence-electron chi connectivity index (χ2n) is 6.79. The summed E-state index contributed by atoms with van der Waals surface area (Å²) in [6.45, 7) is 1.56. The number of rotatable bonds is 5. The fourth-order valence-corrected chi connectivity index (χ4v) is 4.98. The Bertz CT molecular complexity index is 1360. The van der Waals surface area contributed by atoms with Crippen LogP contribution in [0.4, 0.5) is 14.5 Å². The number of aromatic hydroxyl groups is 1. The summed E-state index contributed by atoms with van der Waals surface area (Å²) in [4.78, 5) is 4.27. The normalized spacial score (nSPS) is 11.5. The lowest BCUT2D eigenvalue weighted by Crippen LogP contribution is -2.15. The molecule has 31 heavy (non-hydrogen) atoms. The van der Waals surface area contributed by atoms with Crippen molar-refractivity contribution in [1.82, 2.24) is 4.98 Å². The Kier molecular flexibility index (Phi) is 5.47. The van der Waals surface area contributed by atoms with Crippen molar-refractivity contribution in [3.05, 3.63) is 83.5 Å². The third kappa shape index (κ3) is 4.14. The highest BCUT2D eigenvalue weighted by molar-refractivity contribution is 7.92. The Labute approximate surface area is 181 Å². The maximum Gasteiger partial charge on any atom is 0.265 e. The number of benzene rings is 3. The number of anilines is 1. The number of thiazole rings is 1. The number of hydrogen-bond acceptors (Lipinski definition) is 5. The molecule has 0 aliphatic rings. The van der Waals surface area contributed by atoms with Gasteiger partial charge in [0.1, 0.15) is 22.3 Å². The molecule has 0 atom stereocenters. The van der Waals surface area contributed by atoms with Crippen molar-refractivity contribution < 1.29 is 22.3 Å². The molecule has 2 N–H and O–H groups in total. The number of phenols is 1. The van der Waals surface area contributed by atoms with Crippen molar-refractivity contribution in [3.8, 4) is 27.3 Å². The van der Waals surface area contributed by atoms with E-state index in [1.165, 1.54) is 17.4 Å². The molecule has 4 aromatic rings. The number of sulfonamides is 1. The van der Waals surface area contributed by atoms with Gasteiger partial charge in [-0.2, -0.15) is 0 Å². The number of aryl methyl sites for hydroxylation is 1. The number of halogens is 2. The quantitative estimate of drug-likeness (QED) is 0.410. The first kappa shape index (κ1) is 21.0. The topological polar surface area (TPSA) is 79.3 Å². The third-order valence-corrected chi connectivity index (χ3v) is 6.86. The molecule has 0 aliphatic heterocycles. The first-order valence-corrected chi connectivity index (χ1v) is 11.4. The van der Waals surface area contributed by atoms with Gasteiger partial charge in [0.05, 0.1) is 16.1 Å². The summed E-state index contributed by atoms with van der Waals surface area (Å²) in [5, 5.41) is 10.4. The predicted molar refractivity (Wildman–Crippen MR) is 117 cm³/mol. The minimum Gasteiger partial charge on any atom is -0.506 e. The summed E-state index contributed by atoms with van der Waals surface area (Å²) in [5.74, 6) is -2.35. The van der Waals surface area contributed by atoms with E-state index < -0.39 is 38.0 Å². The smallest absolute Gasteiger partial charge is 0.265 e. The molecule has 0 aliphatic carbocycles. The molecule has 5 nitrogen and oxygen atoms in total. The Morgan fingerprint density at radius 2 is 1.74 bits per heavy atom. The Balaban J connectivity index is 1.78. The van der Waals surface area contributed by atoms with E-state index in [1.807, 2.05) is 0 Å². The first-order chi connectivity index (χ1) is 14.8. The molecule has 4 rings (SSSR count). The van der Waals surface area contributed by atoms with Gasteiger partial charge >= 0.3 is 0 Å². The minimum absolute atomic E-state index is 0.0403. The fourth-order valence-electron chi connectivity index (χ4n) is 3.12. The average molecular weight is 459 g/mol. The Morgan fingerprint density at radius 1 is 1.00 bits per heavy atom. The van der Waals surface area contributed by atoms with Crippen molar-refractivity contribution in [2.45, 2.75) is 11.8 Å². The van der Waals surface area contributed by atoms with Gasteiger partial charge in [0, 0.05) is 17.8 Å². The van der Waals surface area contributed by atoms with E-state index in [0.717, 1.165) is 6.07 Å². The zero-order chi connectivity index (χ0) is 22.2. The summed E-state index contributed by atoms with van der Waals surface area (Å²) in [7, 11) is -4.39. The molecule has 0 radical (unpaired) electrons. The molecule has 158 valence electrons. The van der Waals surface area contributed by atoms with Crippen molar-refractivity contribution in [1.29, 1.82) is 0 Å². The molecule has 0 spiro atoms. The van der Waals surface area contributed by atoms with Crippen molar-refractivity contribution in [2.75, 3.05) is 4.72 Å². The third-order valence-electron chi connectivity index (χ3n) is 4.66. The van der Waals surface area contributed by atoms with Crippen LogP contribution in [0.15, 0.2) is 71.2 Å². The fraction of sp³-hybridized carbons (Fsp3) is 0.0455. The zero-order valence-electron chi connectivity index (χ0n) is 16.1. The Hall–Kier alpha value is -3.30. The second-order valence-corrected chi connectivity index (χ2v) is 9.33. The molecule has 9 heteroatoms. The largest absolute Gasteiger partial charge is 0.506 e. The first-order valence-electron chi connectivity index (χ1n) is 9.06. The molecule has 0 saturated heterocycles. The summed E-state index contributed by atoms with van der Waals surface area (Å²) in [6, 6.07) is 13.0. The summed E-state index contributed by atoms with van der Waals surface area (Å²) in [5.41, 5.74) is 2.55. The molecule has 0 amide bonds. The van der Waals surface area contributed by atoms with Crippen LogP contribution in [0.3, 0.4) is 0 Å². The van der Waals surface area contributed by atoms with Gasteiger partial charge in [0.15, 0.2) is 0 Å². The lowest BCUT2D eigenvalue weighted by atomic mass is 10.0. The number of hydrogen-bond donors (Lipinski definition) is 2. The standard InChI is InChI=1S/C22H16F2N2O3S2/c1-13-7-15(20-11-25-12-30-20)8-21(22(13)27)31(28,29)26-19-9-16(17(23)10-18(19)24)14-5-3-2-4-6-14/h2-12,26-27H,1H3. The number of nitrogens with zero attached hydrogens (tertiary/aromatic N) is 1. The Morgan fingerprint density at radius 3 is 2.42 bits per heavy atom. The van der Waals surface area contributed by atoms with E-state index in [2.05, 4.69) is 9.71 Å². The maximum atomic E-state index is 14.4. The number of nitrogens with one attached hydrogen (secondary N) is 1. The second kappa shape index (κ2) is 8.09. The zero-order valence-corrected chi connectivity index (χ0v) is 17.8. The van der Waals surface area contributed by atoms with E-state index in [0.29, 0.717) is 27.6 Å². The van der Waals surface area contributed by atoms with Gasteiger partial charge in [0.2, 0.25) is 0 Å². The molecular weight excluding hydrogens is 442 g/mol. The van der Waals surface area contributed by atoms with Crippen LogP contribution < -0.4 is 4.72 Å². The highest BCUT2D eigenvalue weighted by Crippen LogP contribution is 2.36. The summed E-state index contributed by atoms with van der Waals surface area (Å²) < 4.78 is 57.0. The van der Waals surface area contributed by atoms with Gasteiger partial charge < -0.3 is 5.11 Å². The van der Waals surface area contributed by atoms with E-state index in [-0.39, 0.29) is 5.56 Å². The van der Waals surface area contributed by atoms with E-state index in [4.69, 9.17) is 0 Å². The highest BCUT2D eigenvalue weighted by Gasteiger charge is 2.24. The average Bonchev–Trinajstić information content (AvgIpc) is 3.27. The molecule has 0 saturated carbocycles. The molecule has 1 heterocycles. The number of phenolic OH excluding ortho intramolecular Hbond substituents is 1. The van der Waals surface area contributed by atoms with E-state index in [9.17, 15) is 22.3 Å². The molecule has 0 bridgehead atoms. The lowest BCUT2D eigenvalue weighted by Gasteiger charge is -2.14. The molecule has 1 aromatic heterocycles. The van der Waals surface area contributed by atoms with Crippen molar-refractivity contribution >= 4 is 27.0 Å². The van der Waals surface area contributed by atoms with Crippen molar-refractivity contribution in [3.63, 3.8) is 0 Å². The van der Waals surface area contributed by atoms with Crippen molar-refractivity contribution in [2.24, 2.45) is 0 Å². The monoisotopic (exact) mass is 458 g/mol. The van der Waals surface area contributed by atoms with Crippen LogP contribution in [0.25, 0.3) is 21.6 Å². The van der Waals surface area contributed by atoms with Crippen LogP contribution in [-0.4, -0.2) is 18.5 Å². The summed E-state index contributed by atoms with van der Waals surface area (Å²) in [6.07, 6.45) is 1.58. The van der Waals surface area contributed by atoms with Crippen LogP contribution in [0.5, 0.6) is 5.75 Å². The SMILES string of the molecule is Cc1cc(-c2cncs2)cc(S(=O)(=O)Nc2cc(-c3ccccc3)c(F)cc2F)c1O. The number of aromatic nitrogens is 1. The molecule has 0 fully saturated rings. The molecular formula is C22H16F2N2O3S2. The molecule has 0 unspecified atom stereocenters. The van der Waals surface area contributed by atoms with Crippen LogP contribution in [0.2, 0.25) is 0 Å². The summed E-state index contributed by atoms with van der Waals surface area (Å²) >= 11 is 1.31. The van der Waals surface area contributed by atoms with Gasteiger partial charge in [-0.15, -0.1) is 11.3 Å².